The Hall–Kier alpha value is -1.34. The average molecular weight is 248 g/mol. The summed E-state index contributed by atoms with van der Waals surface area (Å²) in [5, 5.41) is 14.8. The lowest BCUT2D eigenvalue weighted by Crippen LogP contribution is -2.15. The molecule has 1 aliphatic carbocycles. The zero-order valence-corrected chi connectivity index (χ0v) is 11.1. The van der Waals surface area contributed by atoms with Crippen molar-refractivity contribution in [2.45, 2.75) is 39.0 Å². The first-order valence-electron chi connectivity index (χ1n) is 5.76. The lowest BCUT2D eigenvalue weighted by atomic mass is 9.86. The van der Waals surface area contributed by atoms with Crippen molar-refractivity contribution >= 4 is 22.2 Å². The second-order valence-electron chi connectivity index (χ2n) is 5.48. The monoisotopic (exact) mass is 248 g/mol. The van der Waals surface area contributed by atoms with Crippen LogP contribution in [0, 0.1) is 17.2 Å². The molecule has 0 bridgehead atoms. The number of nitriles is 1. The quantitative estimate of drug-likeness (QED) is 0.873. The van der Waals surface area contributed by atoms with Gasteiger partial charge in [0, 0.05) is 5.92 Å². The molecule has 0 aromatic carbocycles. The maximum atomic E-state index is 11.7. The van der Waals surface area contributed by atoms with E-state index >= 15 is 0 Å². The Morgan fingerprint density at radius 3 is 2.65 bits per heavy atom. The molecule has 4 heteroatoms. The highest BCUT2D eigenvalue weighted by atomic mass is 32.1. The standard InChI is InChI=1S/C13H16N2OS/c1-13(2,3)10-7-17-12(9(10)6-14)15-11(16)8-4-5-8/h7-8H,4-5H2,1-3H3,(H,15,16). The molecule has 0 atom stereocenters. The molecule has 0 unspecified atom stereocenters. The highest BCUT2D eigenvalue weighted by molar-refractivity contribution is 7.14. The molecule has 17 heavy (non-hydrogen) atoms. The molecular weight excluding hydrogens is 232 g/mol. The van der Waals surface area contributed by atoms with E-state index in [0.29, 0.717) is 10.6 Å². The lowest BCUT2D eigenvalue weighted by molar-refractivity contribution is -0.117. The summed E-state index contributed by atoms with van der Waals surface area (Å²) in [6, 6.07) is 2.21. The van der Waals surface area contributed by atoms with Crippen molar-refractivity contribution < 1.29 is 4.79 Å². The van der Waals surface area contributed by atoms with Gasteiger partial charge in [-0.05, 0) is 29.2 Å². The van der Waals surface area contributed by atoms with E-state index in [1.165, 1.54) is 11.3 Å². The van der Waals surface area contributed by atoms with E-state index in [0.717, 1.165) is 18.4 Å². The molecular formula is C13H16N2OS. The number of hydrogen-bond acceptors (Lipinski definition) is 3. The van der Waals surface area contributed by atoms with Crippen LogP contribution < -0.4 is 5.32 Å². The van der Waals surface area contributed by atoms with Gasteiger partial charge in [-0.2, -0.15) is 5.26 Å². The van der Waals surface area contributed by atoms with Gasteiger partial charge in [-0.1, -0.05) is 20.8 Å². The molecule has 0 saturated heterocycles. The largest absolute Gasteiger partial charge is 0.316 e. The number of carbonyl (C=O) groups is 1. The third kappa shape index (κ3) is 2.50. The van der Waals surface area contributed by atoms with E-state index in [1.807, 2.05) is 5.38 Å². The summed E-state index contributed by atoms with van der Waals surface area (Å²) in [6.45, 7) is 6.22. The van der Waals surface area contributed by atoms with Crippen molar-refractivity contribution in [1.82, 2.24) is 0 Å². The van der Waals surface area contributed by atoms with Crippen molar-refractivity contribution in [2.75, 3.05) is 5.32 Å². The number of amides is 1. The first kappa shape index (κ1) is 12.1. The SMILES string of the molecule is CC(C)(C)c1csc(NC(=O)C2CC2)c1C#N. The second-order valence-corrected chi connectivity index (χ2v) is 6.36. The number of carbonyl (C=O) groups excluding carboxylic acids is 1. The van der Waals surface area contributed by atoms with Crippen LogP contribution in [-0.4, -0.2) is 5.91 Å². The molecule has 1 amide bonds. The Balaban J connectivity index is 2.26. The minimum atomic E-state index is -0.0654. The normalized spacial score (nSPS) is 15.4. The highest BCUT2D eigenvalue weighted by Crippen LogP contribution is 2.37. The highest BCUT2D eigenvalue weighted by Gasteiger charge is 2.31. The number of nitrogens with zero attached hydrogens (tertiary/aromatic N) is 1. The van der Waals surface area contributed by atoms with Crippen LogP contribution in [0.2, 0.25) is 0 Å². The van der Waals surface area contributed by atoms with Crippen molar-refractivity contribution in [3.8, 4) is 6.07 Å². The topological polar surface area (TPSA) is 52.9 Å². The Labute approximate surface area is 105 Å². The molecule has 1 N–H and O–H groups in total. The summed E-state index contributed by atoms with van der Waals surface area (Å²) < 4.78 is 0. The number of thiophene rings is 1. The summed E-state index contributed by atoms with van der Waals surface area (Å²) in [6.07, 6.45) is 1.95. The zero-order chi connectivity index (χ0) is 12.6. The fraction of sp³-hybridized carbons (Fsp3) is 0.538. The second kappa shape index (κ2) is 4.15. The number of hydrogen-bond donors (Lipinski definition) is 1. The van der Waals surface area contributed by atoms with E-state index in [-0.39, 0.29) is 17.2 Å². The smallest absolute Gasteiger partial charge is 0.228 e. The van der Waals surface area contributed by atoms with Gasteiger partial charge >= 0.3 is 0 Å². The maximum absolute atomic E-state index is 11.7. The Morgan fingerprint density at radius 1 is 1.53 bits per heavy atom. The Morgan fingerprint density at radius 2 is 2.18 bits per heavy atom. The van der Waals surface area contributed by atoms with Crippen LogP contribution in [0.25, 0.3) is 0 Å². The van der Waals surface area contributed by atoms with Gasteiger partial charge in [0.2, 0.25) is 5.91 Å². The Kier molecular flexibility index (Phi) is 2.96. The van der Waals surface area contributed by atoms with Crippen LogP contribution in [-0.2, 0) is 10.2 Å². The number of anilines is 1. The number of rotatable bonds is 2. The van der Waals surface area contributed by atoms with Gasteiger partial charge in [-0.25, -0.2) is 0 Å². The minimum absolute atomic E-state index is 0.0591. The molecule has 0 spiro atoms. The van der Waals surface area contributed by atoms with Crippen molar-refractivity contribution in [1.29, 1.82) is 5.26 Å². The van der Waals surface area contributed by atoms with Gasteiger partial charge in [0.1, 0.15) is 11.1 Å². The molecule has 0 aliphatic heterocycles. The predicted octanol–water partition coefficient (Wildman–Crippen LogP) is 3.27. The minimum Gasteiger partial charge on any atom is -0.316 e. The summed E-state index contributed by atoms with van der Waals surface area (Å²) in [5.41, 5.74) is 1.57. The summed E-state index contributed by atoms with van der Waals surface area (Å²) in [4.78, 5) is 11.7. The van der Waals surface area contributed by atoms with Crippen molar-refractivity contribution in [2.24, 2.45) is 5.92 Å². The molecule has 1 aromatic heterocycles. The third-order valence-corrected chi connectivity index (χ3v) is 3.79. The van der Waals surface area contributed by atoms with Crippen LogP contribution in [0.3, 0.4) is 0 Å². The van der Waals surface area contributed by atoms with Gasteiger partial charge < -0.3 is 5.32 Å². The first-order valence-corrected chi connectivity index (χ1v) is 6.64. The van der Waals surface area contributed by atoms with Gasteiger partial charge in [0.05, 0.1) is 5.56 Å². The fourth-order valence-corrected chi connectivity index (χ4v) is 2.81. The molecule has 1 fully saturated rings. The van der Waals surface area contributed by atoms with Crippen molar-refractivity contribution in [3.05, 3.63) is 16.5 Å². The van der Waals surface area contributed by atoms with Gasteiger partial charge in [-0.3, -0.25) is 4.79 Å². The first-order chi connectivity index (χ1) is 7.93. The van der Waals surface area contributed by atoms with Crippen LogP contribution in [0.4, 0.5) is 5.00 Å². The molecule has 1 aliphatic rings. The van der Waals surface area contributed by atoms with E-state index in [2.05, 4.69) is 32.2 Å². The van der Waals surface area contributed by atoms with Crippen molar-refractivity contribution in [3.63, 3.8) is 0 Å². The van der Waals surface area contributed by atoms with Gasteiger partial charge in [0.15, 0.2) is 0 Å². The molecule has 3 nitrogen and oxygen atoms in total. The van der Waals surface area contributed by atoms with Gasteiger partial charge in [-0.15, -0.1) is 11.3 Å². The Bertz CT molecular complexity index is 486. The molecule has 1 saturated carbocycles. The zero-order valence-electron chi connectivity index (χ0n) is 10.3. The van der Waals surface area contributed by atoms with E-state index in [1.54, 1.807) is 0 Å². The van der Waals surface area contributed by atoms with Crippen LogP contribution >= 0.6 is 11.3 Å². The van der Waals surface area contributed by atoms with Crippen LogP contribution in [0.15, 0.2) is 5.38 Å². The van der Waals surface area contributed by atoms with Gasteiger partial charge in [0.25, 0.3) is 0 Å². The van der Waals surface area contributed by atoms with E-state index in [9.17, 15) is 10.1 Å². The predicted molar refractivity (Wildman–Crippen MR) is 69.1 cm³/mol. The van der Waals surface area contributed by atoms with Crippen LogP contribution in [0.5, 0.6) is 0 Å². The number of nitrogens with one attached hydrogen (secondary N) is 1. The molecule has 1 aromatic rings. The summed E-state index contributed by atoms with van der Waals surface area (Å²) in [5.74, 6) is 0.227. The third-order valence-electron chi connectivity index (χ3n) is 2.90. The lowest BCUT2D eigenvalue weighted by Gasteiger charge is -2.17. The maximum Gasteiger partial charge on any atom is 0.228 e. The molecule has 0 radical (unpaired) electrons. The molecule has 1 heterocycles. The van der Waals surface area contributed by atoms with Crippen LogP contribution in [0.1, 0.15) is 44.7 Å². The van der Waals surface area contributed by atoms with E-state index < -0.39 is 0 Å². The molecule has 2 rings (SSSR count). The fourth-order valence-electron chi connectivity index (χ4n) is 1.67. The molecule has 90 valence electrons. The van der Waals surface area contributed by atoms with E-state index in [4.69, 9.17) is 0 Å². The summed E-state index contributed by atoms with van der Waals surface area (Å²) in [7, 11) is 0. The average Bonchev–Trinajstić information content (AvgIpc) is 2.99. The summed E-state index contributed by atoms with van der Waals surface area (Å²) >= 11 is 1.45.